The van der Waals surface area contributed by atoms with Crippen LogP contribution < -0.4 is 10.6 Å². The molecule has 0 bridgehead atoms. The van der Waals surface area contributed by atoms with Crippen molar-refractivity contribution in [3.8, 4) is 0 Å². The number of pyridine rings is 2. The molecule has 0 spiro atoms. The Morgan fingerprint density at radius 1 is 0.732 bits per heavy atom. The zero-order chi connectivity index (χ0) is 41.1. The van der Waals surface area contributed by atoms with Gasteiger partial charge in [-0.3, -0.25) is 19.4 Å². The fourth-order valence-electron chi connectivity index (χ4n) is 8.24. The van der Waals surface area contributed by atoms with Gasteiger partial charge in [-0.15, -0.1) is 0 Å². The minimum Gasteiger partial charge on any atom is -0.379 e. The summed E-state index contributed by atoms with van der Waals surface area (Å²) in [5.41, 5.74) is 4.56. The molecule has 2 aromatic rings. The Labute approximate surface area is 340 Å². The van der Waals surface area contributed by atoms with Gasteiger partial charge in [-0.25, -0.2) is 9.97 Å². The third kappa shape index (κ3) is 13.9. The third-order valence-electron chi connectivity index (χ3n) is 11.7. The van der Waals surface area contributed by atoms with Crippen LogP contribution in [0.5, 0.6) is 0 Å². The first-order chi connectivity index (χ1) is 26.9. The molecule has 56 heavy (non-hydrogen) atoms. The standard InChI is InChI=1S/C21H33N3O2.C19H29N3O2.2C3H8/c1-5-21(11-16(4)12-21)20(25)23-19-10-17(18(13-22-19)15(2)3)14-24-6-8-26-9-7-24;1-3-19(6-4-5-7-19)18(23)21-17-12-16(15(2)13-20-17)14-22-8-10-24-11-9-22;2*1-3-2/h10,13,15-16H,5-9,11-12,14H2,1-4H3,(H,22,23,25);12-13H,3-11,14H2,1-2H3,(H,20,21,23);2*3H2,1-2H3. The molecule has 2 N–H and O–H groups in total. The highest BCUT2D eigenvalue weighted by molar-refractivity contribution is 5.95. The molecule has 2 aliphatic heterocycles. The van der Waals surface area contributed by atoms with E-state index in [1.165, 1.54) is 35.1 Å². The molecule has 0 atom stereocenters. The van der Waals surface area contributed by atoms with Crippen molar-refractivity contribution in [1.29, 1.82) is 0 Å². The minimum atomic E-state index is -0.192. The number of rotatable bonds is 11. The average molecular weight is 779 g/mol. The molecule has 4 fully saturated rings. The van der Waals surface area contributed by atoms with Crippen LogP contribution in [-0.4, -0.2) is 84.2 Å². The van der Waals surface area contributed by atoms with Crippen LogP contribution in [0, 0.1) is 23.7 Å². The molecular weight excluding hydrogens is 701 g/mol. The van der Waals surface area contributed by atoms with Gasteiger partial charge in [0.05, 0.1) is 26.4 Å². The molecule has 10 nitrogen and oxygen atoms in total. The van der Waals surface area contributed by atoms with Crippen LogP contribution in [0.1, 0.15) is 155 Å². The maximum atomic E-state index is 12.8. The summed E-state index contributed by atoms with van der Waals surface area (Å²) in [6.45, 7) is 30.2. The summed E-state index contributed by atoms with van der Waals surface area (Å²) < 4.78 is 10.9. The summed E-state index contributed by atoms with van der Waals surface area (Å²) in [5, 5.41) is 6.19. The Bertz CT molecular complexity index is 1460. The van der Waals surface area contributed by atoms with Crippen molar-refractivity contribution in [1.82, 2.24) is 19.8 Å². The molecule has 2 amide bonds. The maximum absolute atomic E-state index is 12.8. The van der Waals surface area contributed by atoms with E-state index >= 15 is 0 Å². The molecule has 2 saturated heterocycles. The van der Waals surface area contributed by atoms with E-state index in [9.17, 15) is 9.59 Å². The van der Waals surface area contributed by atoms with Crippen LogP contribution in [0.4, 0.5) is 11.6 Å². The monoisotopic (exact) mass is 779 g/mol. The highest BCUT2D eigenvalue weighted by Gasteiger charge is 2.46. The van der Waals surface area contributed by atoms with E-state index in [-0.39, 0.29) is 22.6 Å². The summed E-state index contributed by atoms with van der Waals surface area (Å²) in [4.78, 5) is 39.4. The van der Waals surface area contributed by atoms with Crippen LogP contribution in [0.15, 0.2) is 24.5 Å². The predicted octanol–water partition coefficient (Wildman–Crippen LogP) is 9.77. The van der Waals surface area contributed by atoms with Gasteiger partial charge in [0.2, 0.25) is 11.8 Å². The van der Waals surface area contributed by atoms with Crippen molar-refractivity contribution in [2.75, 3.05) is 63.2 Å². The van der Waals surface area contributed by atoms with Crippen molar-refractivity contribution >= 4 is 23.5 Å². The van der Waals surface area contributed by atoms with Crippen LogP contribution in [0.3, 0.4) is 0 Å². The van der Waals surface area contributed by atoms with Gasteiger partial charge >= 0.3 is 0 Å². The summed E-state index contributed by atoms with van der Waals surface area (Å²) in [7, 11) is 0. The highest BCUT2D eigenvalue weighted by Crippen LogP contribution is 2.48. The molecule has 2 saturated carbocycles. The number of ether oxygens (including phenoxy) is 2. The first-order valence-corrected chi connectivity index (χ1v) is 22.1. The summed E-state index contributed by atoms with van der Waals surface area (Å²) in [6, 6.07) is 4.12. The molecule has 2 aromatic heterocycles. The Kier molecular flexibility index (Phi) is 20.4. The second kappa shape index (κ2) is 24.1. The Balaban J connectivity index is 0.000000264. The van der Waals surface area contributed by atoms with Gasteiger partial charge in [0.25, 0.3) is 0 Å². The van der Waals surface area contributed by atoms with E-state index in [2.05, 4.69) is 106 Å². The number of carbonyl (C=O) groups excluding carboxylic acids is 2. The number of anilines is 2. The zero-order valence-electron chi connectivity index (χ0n) is 37.0. The van der Waals surface area contributed by atoms with Gasteiger partial charge in [-0.05, 0) is 91.7 Å². The number of hydrogen-bond donors (Lipinski definition) is 2. The van der Waals surface area contributed by atoms with Gasteiger partial charge in [0, 0.05) is 62.5 Å². The van der Waals surface area contributed by atoms with Gasteiger partial charge in [-0.1, -0.05) is 88.0 Å². The lowest BCUT2D eigenvalue weighted by molar-refractivity contribution is -0.133. The van der Waals surface area contributed by atoms with Crippen molar-refractivity contribution in [2.45, 2.75) is 152 Å². The van der Waals surface area contributed by atoms with Gasteiger partial charge in [0.1, 0.15) is 11.6 Å². The molecule has 4 heterocycles. The van der Waals surface area contributed by atoms with E-state index < -0.39 is 0 Å². The fourth-order valence-corrected chi connectivity index (χ4v) is 8.24. The van der Waals surface area contributed by atoms with Crippen molar-refractivity contribution in [3.05, 3.63) is 46.8 Å². The SMILES string of the molecule is CCC.CCC.CCC1(C(=O)Nc2cc(CN3CCOCC3)c(C(C)C)cn2)CC(C)C1.CCC1(C(=O)Nc2cc(CN3CCOCC3)c(C)cn2)CCCC1. The van der Waals surface area contributed by atoms with E-state index in [4.69, 9.17) is 9.47 Å². The maximum Gasteiger partial charge on any atom is 0.231 e. The first kappa shape index (κ1) is 47.5. The normalized spacial score (nSPS) is 21.9. The second-order valence-electron chi connectivity index (χ2n) is 17.0. The van der Waals surface area contributed by atoms with E-state index in [0.29, 0.717) is 23.5 Å². The molecule has 10 heteroatoms. The summed E-state index contributed by atoms with van der Waals surface area (Å²) in [5.74, 6) is 2.73. The predicted molar refractivity (Wildman–Crippen MR) is 231 cm³/mol. The second-order valence-corrected chi connectivity index (χ2v) is 17.0. The lowest BCUT2D eigenvalue weighted by atomic mass is 9.60. The van der Waals surface area contributed by atoms with Crippen LogP contribution >= 0.6 is 0 Å². The number of morpholine rings is 2. The summed E-state index contributed by atoms with van der Waals surface area (Å²) >= 11 is 0. The number of amides is 2. The molecule has 4 aliphatic rings. The van der Waals surface area contributed by atoms with Crippen molar-refractivity contribution < 1.29 is 19.1 Å². The van der Waals surface area contributed by atoms with E-state index in [0.717, 1.165) is 117 Å². The number of aromatic nitrogens is 2. The van der Waals surface area contributed by atoms with Gasteiger partial charge in [-0.2, -0.15) is 0 Å². The number of aryl methyl sites for hydroxylation is 1. The zero-order valence-corrected chi connectivity index (χ0v) is 37.0. The Morgan fingerprint density at radius 2 is 1.16 bits per heavy atom. The van der Waals surface area contributed by atoms with Crippen LogP contribution in [0.2, 0.25) is 0 Å². The number of hydrogen-bond acceptors (Lipinski definition) is 8. The van der Waals surface area contributed by atoms with Gasteiger partial charge in [0.15, 0.2) is 0 Å². The molecule has 6 rings (SSSR count). The lowest BCUT2D eigenvalue weighted by Gasteiger charge is -2.44. The number of nitrogens with one attached hydrogen (secondary N) is 2. The molecule has 0 aromatic carbocycles. The molecule has 2 aliphatic carbocycles. The van der Waals surface area contributed by atoms with Gasteiger partial charge < -0.3 is 20.1 Å². The lowest BCUT2D eigenvalue weighted by Crippen LogP contribution is -2.45. The third-order valence-corrected chi connectivity index (χ3v) is 11.7. The van der Waals surface area contributed by atoms with Crippen molar-refractivity contribution in [2.24, 2.45) is 16.7 Å². The molecule has 316 valence electrons. The quantitative estimate of drug-likeness (QED) is 0.232. The largest absolute Gasteiger partial charge is 0.379 e. The van der Waals surface area contributed by atoms with E-state index in [1.807, 2.05) is 18.5 Å². The number of nitrogens with zero attached hydrogens (tertiary/aromatic N) is 4. The molecule has 0 radical (unpaired) electrons. The average Bonchev–Trinajstić information content (AvgIpc) is 3.67. The minimum absolute atomic E-state index is 0.139. The van der Waals surface area contributed by atoms with Crippen LogP contribution in [0.25, 0.3) is 0 Å². The topological polar surface area (TPSA) is 109 Å². The highest BCUT2D eigenvalue weighted by atomic mass is 16.5. The van der Waals surface area contributed by atoms with E-state index in [1.54, 1.807) is 0 Å². The molecule has 0 unspecified atom stereocenters. The summed E-state index contributed by atoms with van der Waals surface area (Å²) in [6.07, 6.45) is 14.4. The smallest absolute Gasteiger partial charge is 0.231 e. The fraction of sp³-hybridized carbons (Fsp3) is 0.739. The molecular formula is C46H78N6O4. The number of carbonyl (C=O) groups is 2. The Morgan fingerprint density at radius 3 is 1.61 bits per heavy atom. The Hall–Kier alpha value is -2.92. The first-order valence-electron chi connectivity index (χ1n) is 22.1. The van der Waals surface area contributed by atoms with Crippen molar-refractivity contribution in [3.63, 3.8) is 0 Å². The van der Waals surface area contributed by atoms with Crippen LogP contribution in [-0.2, 0) is 32.2 Å².